The van der Waals surface area contributed by atoms with Crippen LogP contribution in [-0.4, -0.2) is 16.1 Å². The van der Waals surface area contributed by atoms with Gasteiger partial charge in [0.1, 0.15) is 5.00 Å². The van der Waals surface area contributed by atoms with Gasteiger partial charge in [0.05, 0.1) is 16.1 Å². The molecule has 2 aliphatic carbocycles. The molecule has 16 aromatic carbocycles. The van der Waals surface area contributed by atoms with Gasteiger partial charge in [0.15, 0.2) is 7.14 Å². The number of fused-ring (bicyclic) bond motifs is 13. The Kier molecular flexibility index (Phi) is 18.4. The van der Waals surface area contributed by atoms with Crippen LogP contribution in [0.3, 0.4) is 0 Å². The lowest BCUT2D eigenvalue weighted by molar-refractivity contribution is 0.593. The van der Waals surface area contributed by atoms with Crippen LogP contribution in [0.15, 0.2) is 376 Å². The van der Waals surface area contributed by atoms with Crippen molar-refractivity contribution in [3.05, 3.63) is 398 Å². The summed E-state index contributed by atoms with van der Waals surface area (Å²) >= 11 is 1.83. The molecule has 572 valence electrons. The highest BCUT2D eigenvalue weighted by molar-refractivity contribution is 7.86. The number of benzene rings is 16. The average molecular weight is 1610 g/mol. The van der Waals surface area contributed by atoms with Gasteiger partial charge in [-0.25, -0.2) is 0 Å². The Hall–Kier alpha value is -12.0. The van der Waals surface area contributed by atoms with Crippen LogP contribution >= 0.6 is 26.0 Å². The molecule has 0 saturated heterocycles. The zero-order chi connectivity index (χ0) is 80.6. The third-order valence-corrected chi connectivity index (χ3v) is 36.1. The molecule has 0 spiro atoms. The van der Waals surface area contributed by atoms with Gasteiger partial charge < -0.3 is 14.4 Å². The summed E-state index contributed by atoms with van der Waals surface area (Å²) in [6.45, 7) is 24.1. The molecule has 118 heavy (non-hydrogen) atoms. The zero-order valence-electron chi connectivity index (χ0n) is 68.4. The van der Waals surface area contributed by atoms with E-state index in [4.69, 9.17) is 0 Å². The number of hydrogen-bond donors (Lipinski definition) is 0. The highest BCUT2D eigenvalue weighted by Gasteiger charge is 2.42. The molecular formula is C110H92N2OP2SSi2. The van der Waals surface area contributed by atoms with E-state index in [1.807, 2.05) is 53.8 Å². The lowest BCUT2D eigenvalue weighted by Gasteiger charge is -2.28. The van der Waals surface area contributed by atoms with Gasteiger partial charge >= 0.3 is 0 Å². The fourth-order valence-corrected chi connectivity index (χ4v) is 27.8. The second-order valence-corrected chi connectivity index (χ2v) is 51.3. The first-order chi connectivity index (χ1) is 57.1. The minimum absolute atomic E-state index is 0.108. The predicted molar refractivity (Wildman–Crippen MR) is 518 cm³/mol. The largest absolute Gasteiger partial charge is 0.310 e. The monoisotopic (exact) mass is 1610 g/mol. The summed E-state index contributed by atoms with van der Waals surface area (Å²) in [6, 6.07) is 139. The number of nitrogens with zero attached hydrogens (tertiary/aromatic N) is 2. The van der Waals surface area contributed by atoms with Gasteiger partial charge in [0.25, 0.3) is 0 Å². The molecule has 2 unspecified atom stereocenters. The normalized spacial score (nSPS) is 14.7. The summed E-state index contributed by atoms with van der Waals surface area (Å²) < 4.78 is 16.3. The van der Waals surface area contributed by atoms with Crippen molar-refractivity contribution in [2.75, 3.05) is 9.80 Å². The number of thiophene rings is 1. The maximum absolute atomic E-state index is 15.0. The van der Waals surface area contributed by atoms with Crippen molar-refractivity contribution in [2.24, 2.45) is 0 Å². The van der Waals surface area contributed by atoms with Crippen molar-refractivity contribution in [3.8, 4) is 83.2 Å². The lowest BCUT2D eigenvalue weighted by atomic mass is 9.81. The van der Waals surface area contributed by atoms with Crippen LogP contribution in [0.25, 0.3) is 114 Å². The van der Waals surface area contributed by atoms with Crippen molar-refractivity contribution in [3.63, 3.8) is 0 Å². The standard InChI is InChI=1S/C60H50NPSi.C50H42NOPSSi/c1-60(2)56-39-46(41-15-8-6-9-16-41)27-34-52(56)53-35-33-49(40-57(53)60)61(47-29-23-42(24-30-47)44-17-14-20-51(37-44)63(3,4)5)48-31-25-43(26-32-48)45-28-36-59-55(38-45)54-21-12-13-22-58(54)62(59)50-18-10-7-11-19-50;1-50(2)44-31-37(24-26-40(44)41-27-25-39(32-45(41)50)55(3,4)5)51(49-30-35-13-9-12-18-48(35)54-49)36-22-19-33(20-23-36)34-21-28-47-43(29-34)42-16-10-11-17-46(42)53(47,52)38-14-7-6-8-15-38/h6-40H,1-5H3;6-32H,1-5H3. The number of rotatable bonds is 14. The van der Waals surface area contributed by atoms with Crippen LogP contribution in [0.4, 0.5) is 33.4 Å². The topological polar surface area (TPSA) is 23.6 Å². The van der Waals surface area contributed by atoms with Gasteiger partial charge in [-0.2, -0.15) is 0 Å². The van der Waals surface area contributed by atoms with Gasteiger partial charge in [-0.05, 0) is 225 Å². The van der Waals surface area contributed by atoms with Gasteiger partial charge in [-0.15, -0.1) is 11.3 Å². The summed E-state index contributed by atoms with van der Waals surface area (Å²) in [7, 11) is -6.47. The first kappa shape index (κ1) is 74.8. The third-order valence-electron chi connectivity index (χ3n) is 25.2. The summed E-state index contributed by atoms with van der Waals surface area (Å²) in [5, 5.41) is 15.2. The molecule has 0 bridgehead atoms. The van der Waals surface area contributed by atoms with Gasteiger partial charge in [0, 0.05) is 70.1 Å². The molecular weight excluding hydrogens is 1520 g/mol. The molecule has 1 aliphatic heterocycles. The van der Waals surface area contributed by atoms with Crippen LogP contribution in [0.5, 0.6) is 0 Å². The molecule has 0 fully saturated rings. The Labute approximate surface area is 701 Å². The molecule has 3 nitrogen and oxygen atoms in total. The number of anilines is 6. The molecule has 3 heterocycles. The third kappa shape index (κ3) is 12.9. The van der Waals surface area contributed by atoms with E-state index in [1.54, 1.807) is 0 Å². The first-order valence-electron chi connectivity index (χ1n) is 41.3. The second-order valence-electron chi connectivity index (χ2n) is 35.2. The summed E-state index contributed by atoms with van der Waals surface area (Å²) in [6.07, 6.45) is 0. The number of hydrogen-bond acceptors (Lipinski definition) is 4. The highest BCUT2D eigenvalue weighted by atomic mass is 32.1. The van der Waals surface area contributed by atoms with E-state index < -0.39 is 30.8 Å². The van der Waals surface area contributed by atoms with Gasteiger partial charge in [-0.1, -0.05) is 358 Å². The Morgan fingerprint density at radius 2 is 0.729 bits per heavy atom. The van der Waals surface area contributed by atoms with Gasteiger partial charge in [0.2, 0.25) is 0 Å². The fourth-order valence-electron chi connectivity index (χ4n) is 18.7. The second kappa shape index (κ2) is 29.0. The molecule has 2 aromatic heterocycles. The fraction of sp³-hybridized carbons (Fsp3) is 0.109. The molecule has 0 N–H and O–H groups in total. The van der Waals surface area contributed by atoms with Crippen LogP contribution in [0.1, 0.15) is 49.9 Å². The highest BCUT2D eigenvalue weighted by Crippen LogP contribution is 2.58. The van der Waals surface area contributed by atoms with E-state index in [2.05, 4.69) is 410 Å². The molecule has 8 heteroatoms. The smallest absolute Gasteiger partial charge is 0.172 e. The zero-order valence-corrected chi connectivity index (χ0v) is 73.0. The molecule has 0 amide bonds. The van der Waals surface area contributed by atoms with Gasteiger partial charge in [-0.3, -0.25) is 0 Å². The Morgan fingerprint density at radius 3 is 1.36 bits per heavy atom. The maximum atomic E-state index is 15.0. The molecule has 21 rings (SSSR count). The quantitative estimate of drug-likeness (QED) is 0.0801. The van der Waals surface area contributed by atoms with E-state index in [-0.39, 0.29) is 10.8 Å². The van der Waals surface area contributed by atoms with Crippen LogP contribution in [-0.2, 0) is 15.4 Å². The molecule has 0 saturated carbocycles. The van der Waals surface area contributed by atoms with Crippen molar-refractivity contribution >= 4 is 133 Å². The molecule has 0 radical (unpaired) electrons. The van der Waals surface area contributed by atoms with Crippen molar-refractivity contribution in [1.82, 2.24) is 0 Å². The minimum atomic E-state index is -2.96. The minimum Gasteiger partial charge on any atom is -0.310 e. The van der Waals surface area contributed by atoms with E-state index in [1.165, 1.54) is 130 Å². The van der Waals surface area contributed by atoms with E-state index in [0.29, 0.717) is 0 Å². The molecule has 2 atom stereocenters. The maximum Gasteiger partial charge on any atom is 0.172 e. The van der Waals surface area contributed by atoms with E-state index >= 15 is 0 Å². The van der Waals surface area contributed by atoms with Crippen LogP contribution in [0.2, 0.25) is 39.3 Å². The van der Waals surface area contributed by atoms with Crippen LogP contribution < -0.4 is 36.1 Å². The summed E-state index contributed by atoms with van der Waals surface area (Å²) in [5.74, 6) is 0. The predicted octanol–water partition coefficient (Wildman–Crippen LogP) is 29.8. The SMILES string of the molecule is CC1(C)c2cc(-c3ccccc3)ccc2-c2ccc(N(c3ccc(-c4cccc([Si](C)(C)C)c4)cc3)c3ccc(-c4ccc5c(c4)c4ccccc4p5-c4ccccc4)cc3)cc21.CC1(C)c2cc(N(c3ccc(-c4ccc5c(c4)-c4ccccc4P5(=O)c4ccccc4)cc3)c3cc4ccccc4s3)ccc2-c2ccc([Si](C)(C)C)cc21. The van der Waals surface area contributed by atoms with E-state index in [0.717, 1.165) is 66.6 Å². The van der Waals surface area contributed by atoms with Crippen molar-refractivity contribution < 1.29 is 4.57 Å². The molecule has 18 aromatic rings. The summed E-state index contributed by atoms with van der Waals surface area (Å²) in [4.78, 5) is 4.86. The lowest BCUT2D eigenvalue weighted by Crippen LogP contribution is -2.38. The Bertz CT molecular complexity index is 7000. The van der Waals surface area contributed by atoms with Crippen LogP contribution in [0, 0.1) is 0 Å². The Balaban J connectivity index is 0.000000153. The summed E-state index contributed by atoms with van der Waals surface area (Å²) in [5.41, 5.74) is 28.2. The van der Waals surface area contributed by atoms with E-state index in [9.17, 15) is 4.57 Å². The van der Waals surface area contributed by atoms with Crippen molar-refractivity contribution in [1.29, 1.82) is 0 Å². The van der Waals surface area contributed by atoms with Crippen molar-refractivity contribution in [2.45, 2.75) is 77.8 Å². The Morgan fingerprint density at radius 1 is 0.297 bits per heavy atom. The molecule has 3 aliphatic rings. The first-order valence-corrected chi connectivity index (χ1v) is 52.1. The average Bonchev–Trinajstić information content (AvgIpc) is 1.40.